The maximum Gasteiger partial charge on any atom is 0.343 e. The lowest BCUT2D eigenvalue weighted by molar-refractivity contribution is -0.387. The SMILES string of the molecule is CSc1nc(N2CCNCC2C=O)nc(N2CCS(=O)CC2)c1[N+](=O)[O-]. The normalized spacial score (nSPS) is 21.7. The molecule has 1 aromatic heterocycles. The van der Waals surface area contributed by atoms with Crippen molar-refractivity contribution >= 4 is 46.3 Å². The molecular weight excluding hydrogens is 380 g/mol. The second-order valence-corrected chi connectivity index (χ2v) is 8.39. The van der Waals surface area contributed by atoms with Crippen LogP contribution in [0.25, 0.3) is 0 Å². The molecule has 10 nitrogen and oxygen atoms in total. The van der Waals surface area contributed by atoms with Crippen LogP contribution in [0.5, 0.6) is 0 Å². The molecule has 26 heavy (non-hydrogen) atoms. The molecule has 2 aliphatic rings. The van der Waals surface area contributed by atoms with Crippen LogP contribution in [0.3, 0.4) is 0 Å². The van der Waals surface area contributed by atoms with Gasteiger partial charge in [0, 0.05) is 55.0 Å². The first-order chi connectivity index (χ1) is 12.5. The monoisotopic (exact) mass is 400 g/mol. The van der Waals surface area contributed by atoms with E-state index in [0.29, 0.717) is 50.2 Å². The summed E-state index contributed by atoms with van der Waals surface area (Å²) in [6, 6.07) is -0.415. The third-order valence-corrected chi connectivity index (χ3v) is 6.32. The summed E-state index contributed by atoms with van der Waals surface area (Å²) >= 11 is 1.18. The molecule has 0 amide bonds. The maximum atomic E-state index is 11.7. The van der Waals surface area contributed by atoms with Crippen LogP contribution in [0.4, 0.5) is 17.5 Å². The van der Waals surface area contributed by atoms with E-state index in [2.05, 4.69) is 15.3 Å². The molecule has 0 radical (unpaired) electrons. The molecule has 142 valence electrons. The summed E-state index contributed by atoms with van der Waals surface area (Å²) < 4.78 is 11.6. The van der Waals surface area contributed by atoms with E-state index in [-0.39, 0.29) is 16.5 Å². The van der Waals surface area contributed by atoms with Crippen molar-refractivity contribution in [2.75, 3.05) is 60.3 Å². The fraction of sp³-hybridized carbons (Fsp3) is 0.643. The molecule has 2 fully saturated rings. The summed E-state index contributed by atoms with van der Waals surface area (Å²) in [5.41, 5.74) is -0.133. The standard InChI is InChI=1S/C14H20N6O4S2/c1-25-13-11(20(22)23)12(18-4-6-26(24)7-5-18)16-14(17-13)19-3-2-15-8-10(19)9-21/h9-10,15H,2-8H2,1H3. The first kappa shape index (κ1) is 19.0. The third-order valence-electron chi connectivity index (χ3n) is 4.37. The highest BCUT2D eigenvalue weighted by atomic mass is 32.2. The predicted molar refractivity (Wildman–Crippen MR) is 101 cm³/mol. The Hall–Kier alpha value is -1.79. The van der Waals surface area contributed by atoms with Gasteiger partial charge in [0.25, 0.3) is 0 Å². The summed E-state index contributed by atoms with van der Waals surface area (Å²) in [6.07, 6.45) is 2.56. The molecular formula is C14H20N6O4S2. The number of anilines is 2. The summed E-state index contributed by atoms with van der Waals surface area (Å²) in [6.45, 7) is 2.58. The predicted octanol–water partition coefficient (Wildman–Crippen LogP) is -0.347. The van der Waals surface area contributed by atoms with Gasteiger partial charge in [-0.2, -0.15) is 9.97 Å². The van der Waals surface area contributed by atoms with Crippen molar-refractivity contribution in [3.63, 3.8) is 0 Å². The van der Waals surface area contributed by atoms with Crippen LogP contribution in [-0.4, -0.2) is 81.9 Å². The molecule has 0 bridgehead atoms. The van der Waals surface area contributed by atoms with E-state index in [1.54, 1.807) is 16.1 Å². The molecule has 0 saturated carbocycles. The molecule has 2 saturated heterocycles. The Kier molecular flexibility index (Phi) is 6.04. The van der Waals surface area contributed by atoms with Crippen molar-refractivity contribution in [2.24, 2.45) is 0 Å². The van der Waals surface area contributed by atoms with Gasteiger partial charge in [0.1, 0.15) is 6.29 Å². The number of carbonyl (C=O) groups is 1. The van der Waals surface area contributed by atoms with Crippen molar-refractivity contribution in [2.45, 2.75) is 11.1 Å². The molecule has 1 unspecified atom stereocenters. The highest BCUT2D eigenvalue weighted by Gasteiger charge is 2.33. The number of piperazine rings is 1. The average Bonchev–Trinajstić information content (AvgIpc) is 2.67. The van der Waals surface area contributed by atoms with Gasteiger partial charge in [0.15, 0.2) is 5.03 Å². The molecule has 3 rings (SSSR count). The fourth-order valence-corrected chi connectivity index (χ4v) is 4.59. The molecule has 3 heterocycles. The van der Waals surface area contributed by atoms with E-state index in [1.165, 1.54) is 11.8 Å². The van der Waals surface area contributed by atoms with E-state index >= 15 is 0 Å². The van der Waals surface area contributed by atoms with Crippen LogP contribution < -0.4 is 15.1 Å². The second kappa shape index (κ2) is 8.27. The molecule has 1 atom stereocenters. The van der Waals surface area contributed by atoms with Crippen LogP contribution in [0.15, 0.2) is 5.03 Å². The molecule has 0 aromatic carbocycles. The second-order valence-electron chi connectivity index (χ2n) is 5.90. The van der Waals surface area contributed by atoms with Crippen LogP contribution in [0.2, 0.25) is 0 Å². The fourth-order valence-electron chi connectivity index (χ4n) is 3.01. The summed E-state index contributed by atoms with van der Waals surface area (Å²) in [7, 11) is -0.901. The summed E-state index contributed by atoms with van der Waals surface area (Å²) in [5, 5.41) is 15.1. The molecule has 1 N–H and O–H groups in total. The van der Waals surface area contributed by atoms with Crippen molar-refractivity contribution in [1.29, 1.82) is 0 Å². The van der Waals surface area contributed by atoms with Gasteiger partial charge in [-0.3, -0.25) is 14.3 Å². The first-order valence-electron chi connectivity index (χ1n) is 8.18. The Labute approximate surface area is 157 Å². The Bertz CT molecular complexity index is 724. The number of hydrogen-bond acceptors (Lipinski definition) is 10. The number of aromatic nitrogens is 2. The average molecular weight is 400 g/mol. The van der Waals surface area contributed by atoms with Crippen LogP contribution in [-0.2, 0) is 15.6 Å². The van der Waals surface area contributed by atoms with Crippen LogP contribution >= 0.6 is 11.8 Å². The molecule has 0 spiro atoms. The van der Waals surface area contributed by atoms with Gasteiger partial charge < -0.3 is 19.9 Å². The van der Waals surface area contributed by atoms with E-state index in [4.69, 9.17) is 0 Å². The van der Waals surface area contributed by atoms with E-state index in [9.17, 15) is 19.1 Å². The minimum Gasteiger partial charge on any atom is -0.349 e. The maximum absolute atomic E-state index is 11.7. The number of thioether (sulfide) groups is 1. The quantitative estimate of drug-likeness (QED) is 0.231. The number of hydrogen-bond donors (Lipinski definition) is 1. The number of nitrogens with one attached hydrogen (secondary N) is 1. The van der Waals surface area contributed by atoms with E-state index < -0.39 is 21.8 Å². The summed E-state index contributed by atoms with van der Waals surface area (Å²) in [4.78, 5) is 35.0. The number of nitrogens with zero attached hydrogens (tertiary/aromatic N) is 5. The van der Waals surface area contributed by atoms with Crippen molar-refractivity contribution in [1.82, 2.24) is 15.3 Å². The largest absolute Gasteiger partial charge is 0.349 e. The Balaban J connectivity index is 2.06. The number of rotatable bonds is 5. The Morgan fingerprint density at radius 1 is 1.35 bits per heavy atom. The van der Waals surface area contributed by atoms with Crippen molar-refractivity contribution in [3.05, 3.63) is 10.1 Å². The highest BCUT2D eigenvalue weighted by Crippen LogP contribution is 2.36. The zero-order valence-electron chi connectivity index (χ0n) is 14.3. The zero-order valence-corrected chi connectivity index (χ0v) is 15.9. The third kappa shape index (κ3) is 3.81. The van der Waals surface area contributed by atoms with Gasteiger partial charge in [-0.05, 0) is 6.26 Å². The van der Waals surface area contributed by atoms with Gasteiger partial charge in [-0.25, -0.2) is 0 Å². The zero-order chi connectivity index (χ0) is 18.7. The molecule has 2 aliphatic heterocycles. The van der Waals surface area contributed by atoms with Crippen molar-refractivity contribution in [3.8, 4) is 0 Å². The molecule has 1 aromatic rings. The molecule has 0 aliphatic carbocycles. The summed E-state index contributed by atoms with van der Waals surface area (Å²) in [5.74, 6) is 1.47. The van der Waals surface area contributed by atoms with Gasteiger partial charge in [-0.15, -0.1) is 11.8 Å². The van der Waals surface area contributed by atoms with Crippen LogP contribution in [0, 0.1) is 10.1 Å². The topological polar surface area (TPSA) is 122 Å². The Morgan fingerprint density at radius 2 is 2.08 bits per heavy atom. The lowest BCUT2D eigenvalue weighted by Gasteiger charge is -2.34. The van der Waals surface area contributed by atoms with Gasteiger partial charge in [0.2, 0.25) is 11.8 Å². The minimum absolute atomic E-state index is 0.133. The highest BCUT2D eigenvalue weighted by molar-refractivity contribution is 7.98. The van der Waals surface area contributed by atoms with Gasteiger partial charge >= 0.3 is 5.69 Å². The molecule has 12 heteroatoms. The lowest BCUT2D eigenvalue weighted by atomic mass is 10.2. The van der Waals surface area contributed by atoms with E-state index in [1.807, 2.05) is 0 Å². The number of carbonyl (C=O) groups excluding carboxylic acids is 1. The Morgan fingerprint density at radius 3 is 2.69 bits per heavy atom. The van der Waals surface area contributed by atoms with Crippen LogP contribution in [0.1, 0.15) is 0 Å². The minimum atomic E-state index is -0.901. The van der Waals surface area contributed by atoms with E-state index in [0.717, 1.165) is 6.29 Å². The van der Waals surface area contributed by atoms with Gasteiger partial charge in [-0.1, -0.05) is 0 Å². The first-order valence-corrected chi connectivity index (χ1v) is 10.9. The lowest BCUT2D eigenvalue weighted by Crippen LogP contribution is -2.53. The number of nitro groups is 1. The van der Waals surface area contributed by atoms with Crippen molar-refractivity contribution < 1.29 is 13.9 Å². The smallest absolute Gasteiger partial charge is 0.343 e. The number of aldehydes is 1. The van der Waals surface area contributed by atoms with Gasteiger partial charge in [0.05, 0.1) is 11.0 Å².